The van der Waals surface area contributed by atoms with Gasteiger partial charge in [-0.1, -0.05) is 37.6 Å². The van der Waals surface area contributed by atoms with Crippen LogP contribution in [0.1, 0.15) is 43.7 Å². The summed E-state index contributed by atoms with van der Waals surface area (Å²) in [7, 11) is 5.77. The van der Waals surface area contributed by atoms with E-state index < -0.39 is 0 Å². The highest BCUT2D eigenvalue weighted by atomic mass is 127. The smallest absolute Gasteiger partial charge is 0.191 e. The highest BCUT2D eigenvalue weighted by Crippen LogP contribution is 2.43. The van der Waals surface area contributed by atoms with Crippen molar-refractivity contribution < 1.29 is 4.74 Å². The van der Waals surface area contributed by atoms with E-state index in [1.165, 1.54) is 30.4 Å². The molecule has 0 aromatic heterocycles. The number of aliphatic imine (C=N–C) groups is 1. The Morgan fingerprint density at radius 2 is 2.00 bits per heavy atom. The van der Waals surface area contributed by atoms with Crippen molar-refractivity contribution in [1.29, 1.82) is 0 Å². The number of methoxy groups -OCH3 is 1. The van der Waals surface area contributed by atoms with Crippen LogP contribution in [0.2, 0.25) is 0 Å². The molecule has 0 aliphatic heterocycles. The van der Waals surface area contributed by atoms with Crippen LogP contribution in [-0.4, -0.2) is 51.8 Å². The molecule has 1 aromatic rings. The molecule has 0 unspecified atom stereocenters. The Labute approximate surface area is 182 Å². The zero-order chi connectivity index (χ0) is 18.8. The number of hydrogen-bond donors (Lipinski definition) is 2. The number of nitrogens with one attached hydrogen (secondary N) is 2. The fourth-order valence-corrected chi connectivity index (χ4v) is 3.45. The maximum absolute atomic E-state index is 5.28. The summed E-state index contributed by atoms with van der Waals surface area (Å²) in [6.45, 7) is 6.82. The standard InChI is InChI=1S/C21H36N4O.HI/c1-5-25(3)16-19-9-6-8-18(14-19)15-23-20(22-2)24-17-21(10-7-11-21)12-13-26-4;/h6,8-9,14H,5,7,10-13,15-17H2,1-4H3,(H2,22,23,24);1H. The minimum Gasteiger partial charge on any atom is -0.385 e. The van der Waals surface area contributed by atoms with Crippen LogP contribution in [0.25, 0.3) is 0 Å². The first-order valence-corrected chi connectivity index (χ1v) is 9.80. The van der Waals surface area contributed by atoms with Crippen LogP contribution in [0.5, 0.6) is 0 Å². The fourth-order valence-electron chi connectivity index (χ4n) is 3.45. The first-order valence-electron chi connectivity index (χ1n) is 9.80. The molecule has 2 rings (SSSR count). The molecular weight excluding hydrogens is 451 g/mol. The number of halogens is 1. The van der Waals surface area contributed by atoms with E-state index in [1.54, 1.807) is 7.11 Å². The summed E-state index contributed by atoms with van der Waals surface area (Å²) in [5, 5.41) is 6.97. The van der Waals surface area contributed by atoms with Crippen molar-refractivity contribution in [2.75, 3.05) is 40.9 Å². The Bertz CT molecular complexity index is 575. The van der Waals surface area contributed by atoms with Gasteiger partial charge in [-0.2, -0.15) is 0 Å². The van der Waals surface area contributed by atoms with Gasteiger partial charge in [0.25, 0.3) is 0 Å². The Kier molecular flexibility index (Phi) is 11.3. The van der Waals surface area contributed by atoms with Gasteiger partial charge < -0.3 is 20.3 Å². The quantitative estimate of drug-likeness (QED) is 0.300. The average Bonchev–Trinajstić information content (AvgIpc) is 2.63. The lowest BCUT2D eigenvalue weighted by Gasteiger charge is -2.42. The molecule has 1 aromatic carbocycles. The van der Waals surface area contributed by atoms with Crippen LogP contribution in [-0.2, 0) is 17.8 Å². The molecule has 27 heavy (non-hydrogen) atoms. The minimum absolute atomic E-state index is 0. The lowest BCUT2D eigenvalue weighted by atomic mass is 9.67. The van der Waals surface area contributed by atoms with E-state index in [9.17, 15) is 0 Å². The van der Waals surface area contributed by atoms with Crippen molar-refractivity contribution in [2.24, 2.45) is 10.4 Å². The lowest BCUT2D eigenvalue weighted by Crippen LogP contribution is -2.46. The van der Waals surface area contributed by atoms with E-state index in [-0.39, 0.29) is 24.0 Å². The minimum atomic E-state index is 0. The van der Waals surface area contributed by atoms with Crippen molar-refractivity contribution in [3.8, 4) is 0 Å². The van der Waals surface area contributed by atoms with Gasteiger partial charge in [-0.25, -0.2) is 0 Å². The Morgan fingerprint density at radius 1 is 1.26 bits per heavy atom. The molecule has 0 saturated heterocycles. The number of ether oxygens (including phenoxy) is 1. The highest BCUT2D eigenvalue weighted by molar-refractivity contribution is 14.0. The average molecular weight is 488 g/mol. The van der Waals surface area contributed by atoms with Gasteiger partial charge in [0.05, 0.1) is 0 Å². The van der Waals surface area contributed by atoms with Crippen LogP contribution in [0.4, 0.5) is 0 Å². The summed E-state index contributed by atoms with van der Waals surface area (Å²) in [5.74, 6) is 0.879. The molecule has 0 bridgehead atoms. The van der Waals surface area contributed by atoms with E-state index in [0.717, 1.165) is 45.2 Å². The third kappa shape index (κ3) is 7.95. The maximum atomic E-state index is 5.28. The van der Waals surface area contributed by atoms with Crippen molar-refractivity contribution in [3.63, 3.8) is 0 Å². The SMILES string of the molecule is CCN(C)Cc1cccc(CNC(=NC)NCC2(CCOC)CCC2)c1.I. The summed E-state index contributed by atoms with van der Waals surface area (Å²) in [6.07, 6.45) is 5.03. The monoisotopic (exact) mass is 488 g/mol. The van der Waals surface area contributed by atoms with Gasteiger partial charge in [0.1, 0.15) is 0 Å². The van der Waals surface area contributed by atoms with Gasteiger partial charge >= 0.3 is 0 Å². The summed E-state index contributed by atoms with van der Waals surface area (Å²) in [6, 6.07) is 8.78. The topological polar surface area (TPSA) is 48.9 Å². The second kappa shape index (κ2) is 12.6. The van der Waals surface area contributed by atoms with E-state index >= 15 is 0 Å². The number of hydrogen-bond acceptors (Lipinski definition) is 3. The van der Waals surface area contributed by atoms with Crippen LogP contribution < -0.4 is 10.6 Å². The largest absolute Gasteiger partial charge is 0.385 e. The third-order valence-corrected chi connectivity index (χ3v) is 5.55. The van der Waals surface area contributed by atoms with E-state index in [4.69, 9.17) is 4.74 Å². The summed E-state index contributed by atoms with van der Waals surface area (Å²) in [5.41, 5.74) is 3.02. The van der Waals surface area contributed by atoms with E-state index in [1.807, 2.05) is 7.05 Å². The molecule has 0 heterocycles. The first kappa shape index (κ1) is 24.2. The zero-order valence-corrected chi connectivity index (χ0v) is 19.7. The predicted molar refractivity (Wildman–Crippen MR) is 125 cm³/mol. The third-order valence-electron chi connectivity index (χ3n) is 5.55. The van der Waals surface area contributed by atoms with Gasteiger partial charge in [-0.05, 0) is 49.4 Å². The normalized spacial score (nSPS) is 15.8. The van der Waals surface area contributed by atoms with Crippen LogP contribution >= 0.6 is 24.0 Å². The van der Waals surface area contributed by atoms with Crippen molar-refractivity contribution in [3.05, 3.63) is 35.4 Å². The molecule has 154 valence electrons. The highest BCUT2D eigenvalue weighted by Gasteiger charge is 2.36. The number of benzene rings is 1. The van der Waals surface area contributed by atoms with Crippen molar-refractivity contribution in [1.82, 2.24) is 15.5 Å². The number of rotatable bonds is 10. The molecule has 2 N–H and O–H groups in total. The molecule has 1 aliphatic rings. The zero-order valence-electron chi connectivity index (χ0n) is 17.4. The summed E-state index contributed by atoms with van der Waals surface area (Å²) in [4.78, 5) is 6.69. The van der Waals surface area contributed by atoms with Gasteiger partial charge in [0.2, 0.25) is 0 Å². The van der Waals surface area contributed by atoms with Gasteiger partial charge in [-0.15, -0.1) is 24.0 Å². The molecule has 5 nitrogen and oxygen atoms in total. The molecule has 0 amide bonds. The fraction of sp³-hybridized carbons (Fsp3) is 0.667. The first-order chi connectivity index (χ1) is 12.6. The Hall–Kier alpha value is -0.860. The predicted octanol–water partition coefficient (Wildman–Crippen LogP) is 3.63. The molecule has 0 spiro atoms. The van der Waals surface area contributed by atoms with Crippen molar-refractivity contribution >= 4 is 29.9 Å². The molecular formula is C21H37IN4O. The maximum Gasteiger partial charge on any atom is 0.191 e. The number of nitrogens with zero attached hydrogens (tertiary/aromatic N) is 2. The molecule has 1 fully saturated rings. The van der Waals surface area contributed by atoms with Crippen molar-refractivity contribution in [2.45, 2.75) is 45.7 Å². The van der Waals surface area contributed by atoms with E-state index in [0.29, 0.717) is 5.41 Å². The summed E-state index contributed by atoms with van der Waals surface area (Å²) < 4.78 is 5.28. The van der Waals surface area contributed by atoms with Gasteiger partial charge in [0, 0.05) is 40.4 Å². The van der Waals surface area contributed by atoms with Crippen LogP contribution in [0, 0.1) is 5.41 Å². The Balaban J connectivity index is 0.00000364. The van der Waals surface area contributed by atoms with Gasteiger partial charge in [-0.3, -0.25) is 4.99 Å². The van der Waals surface area contributed by atoms with Crippen LogP contribution in [0.3, 0.4) is 0 Å². The lowest BCUT2D eigenvalue weighted by molar-refractivity contribution is 0.0732. The van der Waals surface area contributed by atoms with Gasteiger partial charge in [0.15, 0.2) is 5.96 Å². The molecule has 0 radical (unpaired) electrons. The molecule has 0 atom stereocenters. The number of guanidine groups is 1. The van der Waals surface area contributed by atoms with E-state index in [2.05, 4.69) is 58.8 Å². The molecule has 1 saturated carbocycles. The second-order valence-electron chi connectivity index (χ2n) is 7.53. The summed E-state index contributed by atoms with van der Waals surface area (Å²) >= 11 is 0. The molecule has 1 aliphatic carbocycles. The van der Waals surface area contributed by atoms with Crippen LogP contribution in [0.15, 0.2) is 29.3 Å². The molecule has 6 heteroatoms. The second-order valence-corrected chi connectivity index (χ2v) is 7.53. The Morgan fingerprint density at radius 3 is 2.59 bits per heavy atom.